The smallest absolute Gasteiger partial charge is 0.417 e. The molecular weight excluding hydrogens is 375 g/mol. The lowest BCUT2D eigenvalue weighted by Crippen LogP contribution is -2.39. The summed E-state index contributed by atoms with van der Waals surface area (Å²) in [5.74, 6) is 1.45. The molecule has 0 aromatic heterocycles. The number of hydrogen-bond acceptors (Lipinski definition) is 5. The first-order chi connectivity index (χ1) is 13.4. The molecule has 1 saturated heterocycles. The number of carbonyl (C=O) groups excluding carboxylic acids is 1. The lowest BCUT2D eigenvalue weighted by Gasteiger charge is -2.37. The maximum absolute atomic E-state index is 13.5. The van der Waals surface area contributed by atoms with Gasteiger partial charge in [0.15, 0.2) is 11.5 Å². The van der Waals surface area contributed by atoms with Crippen molar-refractivity contribution in [3.05, 3.63) is 52.8 Å². The molecule has 0 amide bonds. The van der Waals surface area contributed by atoms with E-state index in [0.717, 1.165) is 6.08 Å². The number of halogens is 3. The highest BCUT2D eigenvalue weighted by atomic mass is 19.4. The molecule has 1 fully saturated rings. The third-order valence-corrected chi connectivity index (χ3v) is 4.83. The van der Waals surface area contributed by atoms with Crippen LogP contribution in [0.15, 0.2) is 47.2 Å². The van der Waals surface area contributed by atoms with Gasteiger partial charge < -0.3 is 19.1 Å². The quantitative estimate of drug-likeness (QED) is 0.733. The average molecular weight is 395 g/mol. The Hall–Kier alpha value is -2.70. The summed E-state index contributed by atoms with van der Waals surface area (Å²) in [5.41, 5.74) is -0.339. The molecule has 28 heavy (non-hydrogen) atoms. The molecule has 1 atom stereocenters. The second-order valence-electron chi connectivity index (χ2n) is 6.33. The second kappa shape index (κ2) is 8.12. The van der Waals surface area contributed by atoms with Crippen LogP contribution in [0, 0.1) is 0 Å². The van der Waals surface area contributed by atoms with E-state index in [4.69, 9.17) is 14.2 Å². The molecule has 1 aromatic rings. The lowest BCUT2D eigenvalue weighted by molar-refractivity contribution is -0.0898. The SMILES string of the molecule is COc1ccc(C2C(=C=O)C(C(F)(F)F)=CC=C2N2CCOCC2)cc1OC. The first-order valence-corrected chi connectivity index (χ1v) is 8.69. The fourth-order valence-corrected chi connectivity index (χ4v) is 3.50. The van der Waals surface area contributed by atoms with Crippen molar-refractivity contribution in [2.45, 2.75) is 12.1 Å². The molecule has 150 valence electrons. The van der Waals surface area contributed by atoms with E-state index >= 15 is 0 Å². The Bertz CT molecular complexity index is 847. The van der Waals surface area contributed by atoms with Crippen molar-refractivity contribution in [3.8, 4) is 11.5 Å². The molecule has 3 rings (SSSR count). The van der Waals surface area contributed by atoms with Gasteiger partial charge in [0.05, 0.1) is 44.5 Å². The molecule has 1 aromatic carbocycles. The first-order valence-electron chi connectivity index (χ1n) is 8.69. The summed E-state index contributed by atoms with van der Waals surface area (Å²) < 4.78 is 56.4. The number of hydrogen-bond donors (Lipinski definition) is 0. The van der Waals surface area contributed by atoms with Gasteiger partial charge in [0.1, 0.15) is 5.94 Å². The van der Waals surface area contributed by atoms with E-state index in [1.54, 1.807) is 24.1 Å². The van der Waals surface area contributed by atoms with Crippen LogP contribution < -0.4 is 9.47 Å². The van der Waals surface area contributed by atoms with Gasteiger partial charge in [-0.2, -0.15) is 13.2 Å². The van der Waals surface area contributed by atoms with Crippen LogP contribution in [-0.4, -0.2) is 57.5 Å². The highest BCUT2D eigenvalue weighted by Gasteiger charge is 2.43. The molecular formula is C20H20F3NO4. The molecule has 2 aliphatic rings. The Kier molecular flexibility index (Phi) is 5.82. The van der Waals surface area contributed by atoms with E-state index in [2.05, 4.69) is 0 Å². The molecule has 5 nitrogen and oxygen atoms in total. The van der Waals surface area contributed by atoms with Gasteiger partial charge in [-0.25, -0.2) is 4.79 Å². The second-order valence-corrected chi connectivity index (χ2v) is 6.33. The molecule has 8 heteroatoms. The molecule has 0 N–H and O–H groups in total. The normalized spacial score (nSPS) is 20.2. The summed E-state index contributed by atoms with van der Waals surface area (Å²) >= 11 is 0. The van der Waals surface area contributed by atoms with E-state index in [1.807, 2.05) is 4.90 Å². The molecule has 1 heterocycles. The van der Waals surface area contributed by atoms with Gasteiger partial charge in [0.25, 0.3) is 0 Å². The molecule has 0 spiro atoms. The summed E-state index contributed by atoms with van der Waals surface area (Å²) in [4.78, 5) is 13.6. The first kappa shape index (κ1) is 20.0. The van der Waals surface area contributed by atoms with Crippen molar-refractivity contribution in [1.29, 1.82) is 0 Å². The predicted molar refractivity (Wildman–Crippen MR) is 96.1 cm³/mol. The molecule has 0 radical (unpaired) electrons. The van der Waals surface area contributed by atoms with Crippen molar-refractivity contribution >= 4 is 5.94 Å². The predicted octanol–water partition coefficient (Wildman–Crippen LogP) is 3.26. The Morgan fingerprint density at radius 3 is 2.36 bits per heavy atom. The summed E-state index contributed by atoms with van der Waals surface area (Å²) in [5, 5.41) is 0. The van der Waals surface area contributed by atoms with Crippen LogP contribution in [0.3, 0.4) is 0 Å². The zero-order valence-electron chi connectivity index (χ0n) is 15.5. The number of rotatable bonds is 4. The van der Waals surface area contributed by atoms with E-state index in [1.165, 1.54) is 20.3 Å². The van der Waals surface area contributed by atoms with Crippen molar-refractivity contribution in [2.24, 2.45) is 0 Å². The number of ether oxygens (including phenoxy) is 3. The minimum absolute atomic E-state index is 0.370. The summed E-state index contributed by atoms with van der Waals surface area (Å²) in [6, 6.07) is 4.84. The molecule has 0 saturated carbocycles. The molecule has 0 bridgehead atoms. The summed E-state index contributed by atoms with van der Waals surface area (Å²) in [6.07, 6.45) is -2.28. The lowest BCUT2D eigenvalue weighted by atomic mass is 9.80. The zero-order chi connectivity index (χ0) is 20.3. The Labute approximate surface area is 160 Å². The molecule has 1 unspecified atom stereocenters. The number of allylic oxidation sites excluding steroid dienone is 4. The van der Waals surface area contributed by atoms with Gasteiger partial charge in [0.2, 0.25) is 0 Å². The maximum Gasteiger partial charge on any atom is 0.417 e. The van der Waals surface area contributed by atoms with E-state index in [0.29, 0.717) is 49.1 Å². The van der Waals surface area contributed by atoms with Crippen LogP contribution >= 0.6 is 0 Å². The Morgan fingerprint density at radius 1 is 1.11 bits per heavy atom. The van der Waals surface area contributed by atoms with Crippen LogP contribution in [0.4, 0.5) is 13.2 Å². The Balaban J connectivity index is 2.14. The highest BCUT2D eigenvalue weighted by Crippen LogP contribution is 2.46. The van der Waals surface area contributed by atoms with Crippen molar-refractivity contribution < 1.29 is 32.2 Å². The minimum Gasteiger partial charge on any atom is -0.493 e. The number of nitrogens with zero attached hydrogens (tertiary/aromatic N) is 1. The minimum atomic E-state index is -4.66. The summed E-state index contributed by atoms with van der Waals surface area (Å²) in [7, 11) is 2.91. The van der Waals surface area contributed by atoms with Gasteiger partial charge in [-0.3, -0.25) is 0 Å². The van der Waals surface area contributed by atoms with Crippen LogP contribution in [0.25, 0.3) is 0 Å². The van der Waals surface area contributed by atoms with Crippen LogP contribution in [0.1, 0.15) is 11.5 Å². The van der Waals surface area contributed by atoms with Crippen molar-refractivity contribution in [2.75, 3.05) is 40.5 Å². The van der Waals surface area contributed by atoms with Gasteiger partial charge in [0, 0.05) is 18.8 Å². The third kappa shape index (κ3) is 3.79. The summed E-state index contributed by atoms with van der Waals surface area (Å²) in [6.45, 7) is 1.98. The molecule has 1 aliphatic carbocycles. The standard InChI is InChI=1S/C20H20F3NO4/c1-26-17-6-3-13(11-18(17)27-2)19-14(12-25)15(20(21,22)23)4-5-16(19)24-7-9-28-10-8-24/h3-6,11,19H,7-10H2,1-2H3. The van der Waals surface area contributed by atoms with E-state index in [9.17, 15) is 18.0 Å². The van der Waals surface area contributed by atoms with Gasteiger partial charge in [-0.05, 0) is 29.8 Å². The van der Waals surface area contributed by atoms with Gasteiger partial charge in [-0.1, -0.05) is 6.07 Å². The number of methoxy groups -OCH3 is 2. The number of benzene rings is 1. The van der Waals surface area contributed by atoms with E-state index < -0.39 is 23.2 Å². The van der Waals surface area contributed by atoms with Gasteiger partial charge >= 0.3 is 6.18 Å². The molecule has 1 aliphatic heterocycles. The zero-order valence-corrected chi connectivity index (χ0v) is 15.5. The monoisotopic (exact) mass is 395 g/mol. The Morgan fingerprint density at radius 2 is 1.79 bits per heavy atom. The average Bonchev–Trinajstić information content (AvgIpc) is 2.72. The maximum atomic E-state index is 13.5. The highest BCUT2D eigenvalue weighted by molar-refractivity contribution is 5.70. The third-order valence-electron chi connectivity index (χ3n) is 4.83. The fraction of sp³-hybridized carbons (Fsp3) is 0.400. The number of morpholine rings is 1. The number of alkyl halides is 3. The largest absolute Gasteiger partial charge is 0.493 e. The van der Waals surface area contributed by atoms with Gasteiger partial charge in [-0.15, -0.1) is 0 Å². The van der Waals surface area contributed by atoms with Crippen LogP contribution in [0.5, 0.6) is 11.5 Å². The van der Waals surface area contributed by atoms with E-state index in [-0.39, 0.29) is 0 Å². The van der Waals surface area contributed by atoms with Crippen LogP contribution in [-0.2, 0) is 9.53 Å². The fourth-order valence-electron chi connectivity index (χ4n) is 3.50. The topological polar surface area (TPSA) is 48.0 Å². The van der Waals surface area contributed by atoms with Crippen LogP contribution in [0.2, 0.25) is 0 Å². The van der Waals surface area contributed by atoms with Crippen molar-refractivity contribution in [1.82, 2.24) is 4.90 Å². The van der Waals surface area contributed by atoms with Crippen molar-refractivity contribution in [3.63, 3.8) is 0 Å².